The third-order valence-corrected chi connectivity index (χ3v) is 5.41. The van der Waals surface area contributed by atoms with Crippen LogP contribution in [0.2, 0.25) is 0 Å². The van der Waals surface area contributed by atoms with Crippen LogP contribution in [-0.2, 0) is 6.61 Å². The van der Waals surface area contributed by atoms with Gasteiger partial charge in [0, 0.05) is 29.5 Å². The third-order valence-electron chi connectivity index (χ3n) is 5.41. The summed E-state index contributed by atoms with van der Waals surface area (Å²) in [5.74, 6) is 1.46. The summed E-state index contributed by atoms with van der Waals surface area (Å²) in [6.07, 6.45) is 11.7. The SMILES string of the molecule is COc1ccc(C=Cc2cc(C=Cc3ccc4cc[nH]c4c3)n[nH]2)c(OCc2ccccn2)c1. The molecule has 0 saturated heterocycles. The van der Waals surface area contributed by atoms with E-state index in [-0.39, 0.29) is 0 Å². The predicted octanol–water partition coefficient (Wildman–Crippen LogP) is 6.21. The average Bonchev–Trinajstić information content (AvgIpc) is 3.55. The highest BCUT2D eigenvalue weighted by Gasteiger charge is 2.05. The zero-order valence-corrected chi connectivity index (χ0v) is 18.7. The molecule has 0 aliphatic heterocycles. The molecule has 0 radical (unpaired) electrons. The van der Waals surface area contributed by atoms with E-state index in [0.717, 1.165) is 45.2 Å². The molecule has 6 nitrogen and oxygen atoms in total. The molecule has 0 bridgehead atoms. The molecule has 0 amide bonds. The van der Waals surface area contributed by atoms with Crippen LogP contribution in [0.25, 0.3) is 35.2 Å². The minimum absolute atomic E-state index is 0.377. The van der Waals surface area contributed by atoms with Gasteiger partial charge in [0.05, 0.1) is 24.2 Å². The van der Waals surface area contributed by atoms with Gasteiger partial charge in [-0.25, -0.2) is 0 Å². The average molecular weight is 449 g/mol. The molecule has 3 aromatic heterocycles. The number of nitrogens with zero attached hydrogens (tertiary/aromatic N) is 2. The number of rotatable bonds is 8. The number of hydrogen-bond donors (Lipinski definition) is 2. The van der Waals surface area contributed by atoms with Crippen LogP contribution in [0.4, 0.5) is 0 Å². The van der Waals surface area contributed by atoms with Crippen LogP contribution < -0.4 is 9.47 Å². The molecule has 5 aromatic rings. The second-order valence-corrected chi connectivity index (χ2v) is 7.75. The van der Waals surface area contributed by atoms with Gasteiger partial charge in [0.2, 0.25) is 0 Å². The van der Waals surface area contributed by atoms with Gasteiger partial charge in [0.25, 0.3) is 0 Å². The number of H-pyrrole nitrogens is 2. The van der Waals surface area contributed by atoms with E-state index >= 15 is 0 Å². The van der Waals surface area contributed by atoms with Gasteiger partial charge in [-0.1, -0.05) is 24.3 Å². The molecule has 3 heterocycles. The first kappa shape index (κ1) is 21.3. The number of pyridine rings is 1. The maximum atomic E-state index is 6.04. The predicted molar refractivity (Wildman–Crippen MR) is 136 cm³/mol. The van der Waals surface area contributed by atoms with E-state index in [1.165, 1.54) is 5.39 Å². The summed E-state index contributed by atoms with van der Waals surface area (Å²) in [5.41, 5.74) is 5.78. The molecule has 168 valence electrons. The molecule has 0 aliphatic rings. The van der Waals surface area contributed by atoms with E-state index in [1.54, 1.807) is 13.3 Å². The molecule has 0 unspecified atom stereocenters. The van der Waals surface area contributed by atoms with Gasteiger partial charge >= 0.3 is 0 Å². The van der Waals surface area contributed by atoms with Crippen molar-refractivity contribution in [2.24, 2.45) is 0 Å². The first-order chi connectivity index (χ1) is 16.8. The van der Waals surface area contributed by atoms with Crippen molar-refractivity contribution in [3.63, 3.8) is 0 Å². The zero-order valence-electron chi connectivity index (χ0n) is 18.7. The lowest BCUT2D eigenvalue weighted by Gasteiger charge is -2.10. The monoisotopic (exact) mass is 448 g/mol. The van der Waals surface area contributed by atoms with Gasteiger partial charge in [0.1, 0.15) is 18.1 Å². The van der Waals surface area contributed by atoms with Crippen LogP contribution in [0, 0.1) is 0 Å². The Morgan fingerprint density at radius 3 is 2.76 bits per heavy atom. The molecule has 0 spiro atoms. The molecule has 0 aliphatic carbocycles. The van der Waals surface area contributed by atoms with Crippen molar-refractivity contribution >= 4 is 35.2 Å². The first-order valence-corrected chi connectivity index (χ1v) is 11.0. The fourth-order valence-corrected chi connectivity index (χ4v) is 3.59. The third kappa shape index (κ3) is 5.07. The molecule has 34 heavy (non-hydrogen) atoms. The number of methoxy groups -OCH3 is 1. The maximum absolute atomic E-state index is 6.04. The fourth-order valence-electron chi connectivity index (χ4n) is 3.59. The molecular formula is C28H24N4O2. The number of benzene rings is 2. The number of hydrogen-bond acceptors (Lipinski definition) is 4. The summed E-state index contributed by atoms with van der Waals surface area (Å²) in [6, 6.07) is 21.9. The smallest absolute Gasteiger partial charge is 0.130 e. The van der Waals surface area contributed by atoms with Gasteiger partial charge in [-0.05, 0) is 71.6 Å². The number of aromatic amines is 2. The highest BCUT2D eigenvalue weighted by molar-refractivity contribution is 5.83. The van der Waals surface area contributed by atoms with Crippen LogP contribution in [0.15, 0.2) is 79.1 Å². The molecule has 5 rings (SSSR count). The van der Waals surface area contributed by atoms with Gasteiger partial charge < -0.3 is 14.5 Å². The Morgan fingerprint density at radius 1 is 0.912 bits per heavy atom. The standard InChI is InChI=1S/C28H24N4O2/c1-33-26-12-9-22(28(18-26)34-19-25-4-2-3-14-29-25)8-11-24-17-23(31-32-24)10-6-20-5-7-21-13-15-30-27(21)16-20/h2-18,30H,19H2,1H3,(H,31,32). The summed E-state index contributed by atoms with van der Waals surface area (Å²) < 4.78 is 11.4. The van der Waals surface area contributed by atoms with Crippen molar-refractivity contribution in [3.05, 3.63) is 107 Å². The lowest BCUT2D eigenvalue weighted by molar-refractivity contribution is 0.298. The summed E-state index contributed by atoms with van der Waals surface area (Å²) in [5, 5.41) is 8.66. The number of ether oxygens (including phenoxy) is 2. The van der Waals surface area contributed by atoms with Crippen molar-refractivity contribution in [2.75, 3.05) is 7.11 Å². The van der Waals surface area contributed by atoms with Crippen LogP contribution in [0.5, 0.6) is 11.5 Å². The molecule has 2 aromatic carbocycles. The van der Waals surface area contributed by atoms with E-state index < -0.39 is 0 Å². The van der Waals surface area contributed by atoms with E-state index in [1.807, 2.05) is 66.9 Å². The summed E-state index contributed by atoms with van der Waals surface area (Å²) >= 11 is 0. The Balaban J connectivity index is 1.30. The number of aromatic nitrogens is 4. The topological polar surface area (TPSA) is 75.8 Å². The highest BCUT2D eigenvalue weighted by atomic mass is 16.5. The van der Waals surface area contributed by atoms with E-state index in [4.69, 9.17) is 9.47 Å². The van der Waals surface area contributed by atoms with E-state index in [2.05, 4.69) is 50.5 Å². The lowest BCUT2D eigenvalue weighted by atomic mass is 10.1. The quantitative estimate of drug-likeness (QED) is 0.296. The van der Waals surface area contributed by atoms with Gasteiger partial charge in [0.15, 0.2) is 0 Å². The van der Waals surface area contributed by atoms with Gasteiger partial charge in [-0.2, -0.15) is 5.10 Å². The summed E-state index contributed by atoms with van der Waals surface area (Å²) in [7, 11) is 1.64. The number of fused-ring (bicyclic) bond motifs is 1. The largest absolute Gasteiger partial charge is 0.497 e. The molecule has 0 atom stereocenters. The Bertz CT molecular complexity index is 1450. The molecule has 6 heteroatoms. The van der Waals surface area contributed by atoms with Crippen LogP contribution in [0.1, 0.15) is 28.2 Å². The molecule has 2 N–H and O–H groups in total. The van der Waals surface area contributed by atoms with Crippen molar-refractivity contribution in [3.8, 4) is 11.5 Å². The Morgan fingerprint density at radius 2 is 1.88 bits per heavy atom. The van der Waals surface area contributed by atoms with Gasteiger partial charge in [-0.3, -0.25) is 10.1 Å². The number of nitrogens with one attached hydrogen (secondary N) is 2. The van der Waals surface area contributed by atoms with Crippen molar-refractivity contribution in [1.29, 1.82) is 0 Å². The highest BCUT2D eigenvalue weighted by Crippen LogP contribution is 2.27. The first-order valence-electron chi connectivity index (χ1n) is 11.0. The lowest BCUT2D eigenvalue weighted by Crippen LogP contribution is -1.99. The molecular weight excluding hydrogens is 424 g/mol. The summed E-state index contributed by atoms with van der Waals surface area (Å²) in [6.45, 7) is 0.377. The molecule has 0 saturated carbocycles. The van der Waals surface area contributed by atoms with Crippen LogP contribution >= 0.6 is 0 Å². The van der Waals surface area contributed by atoms with Crippen molar-refractivity contribution < 1.29 is 9.47 Å². The zero-order chi connectivity index (χ0) is 23.2. The minimum Gasteiger partial charge on any atom is -0.497 e. The second-order valence-electron chi connectivity index (χ2n) is 7.75. The van der Waals surface area contributed by atoms with Crippen LogP contribution in [0.3, 0.4) is 0 Å². The minimum atomic E-state index is 0.377. The van der Waals surface area contributed by atoms with Crippen LogP contribution in [-0.4, -0.2) is 27.3 Å². The normalized spacial score (nSPS) is 11.6. The Kier molecular flexibility index (Phi) is 6.21. The summed E-state index contributed by atoms with van der Waals surface area (Å²) in [4.78, 5) is 7.56. The van der Waals surface area contributed by atoms with E-state index in [9.17, 15) is 0 Å². The maximum Gasteiger partial charge on any atom is 0.130 e. The van der Waals surface area contributed by atoms with Crippen molar-refractivity contribution in [2.45, 2.75) is 6.61 Å². The molecule has 0 fully saturated rings. The van der Waals surface area contributed by atoms with Gasteiger partial charge in [-0.15, -0.1) is 0 Å². The van der Waals surface area contributed by atoms with Crippen molar-refractivity contribution in [1.82, 2.24) is 20.2 Å². The van der Waals surface area contributed by atoms with E-state index in [0.29, 0.717) is 6.61 Å². The second kappa shape index (κ2) is 9.92. The fraction of sp³-hybridized carbons (Fsp3) is 0.0714. The Labute approximate surface area is 197 Å². The Hall–Kier alpha value is -4.58.